The van der Waals surface area contributed by atoms with Crippen molar-refractivity contribution in [2.45, 2.75) is 45.3 Å². The number of likely N-dealkylation sites (tertiary alicyclic amines) is 1. The molecule has 0 aliphatic carbocycles. The highest BCUT2D eigenvalue weighted by Crippen LogP contribution is 2.31. The molecule has 172 valence electrons. The largest absolute Gasteiger partial charge is 0.497 e. The van der Waals surface area contributed by atoms with Crippen molar-refractivity contribution in [2.75, 3.05) is 27.3 Å². The van der Waals surface area contributed by atoms with E-state index in [-0.39, 0.29) is 12.2 Å². The smallest absolute Gasteiger partial charge is 0.410 e. The second-order valence-electron chi connectivity index (χ2n) is 8.72. The van der Waals surface area contributed by atoms with Crippen LogP contribution >= 0.6 is 0 Å². The molecule has 3 rings (SSSR count). The zero-order valence-corrected chi connectivity index (χ0v) is 19.3. The van der Waals surface area contributed by atoms with E-state index in [1.54, 1.807) is 18.1 Å². The summed E-state index contributed by atoms with van der Waals surface area (Å²) in [6, 6.07) is 13.1. The number of carbonyl (C=O) groups is 2. The van der Waals surface area contributed by atoms with E-state index in [1.807, 2.05) is 57.2 Å². The van der Waals surface area contributed by atoms with E-state index in [0.29, 0.717) is 37.2 Å². The predicted octanol–water partition coefficient (Wildman–Crippen LogP) is 4.93. The highest BCUT2D eigenvalue weighted by Gasteiger charge is 2.28. The van der Waals surface area contributed by atoms with Crippen LogP contribution in [0, 0.1) is 0 Å². The van der Waals surface area contributed by atoms with Gasteiger partial charge in [-0.3, -0.25) is 0 Å². The zero-order valence-electron chi connectivity index (χ0n) is 19.3. The zero-order chi connectivity index (χ0) is 23.3. The van der Waals surface area contributed by atoms with Crippen LogP contribution < -0.4 is 9.47 Å². The first-order valence-corrected chi connectivity index (χ1v) is 10.7. The van der Waals surface area contributed by atoms with Crippen LogP contribution in [0.3, 0.4) is 0 Å². The van der Waals surface area contributed by atoms with Gasteiger partial charge in [-0.15, -0.1) is 0 Å². The van der Waals surface area contributed by atoms with Gasteiger partial charge in [0.15, 0.2) is 0 Å². The SMILES string of the molecule is COC(=O)c1ccc(-c2ccc(OC)cc2)cc1OC1CCN(C(=O)OC(C)(C)C)CC1. The first kappa shape index (κ1) is 23.4. The van der Waals surface area contributed by atoms with Crippen molar-refractivity contribution < 1.29 is 28.5 Å². The summed E-state index contributed by atoms with van der Waals surface area (Å²) in [4.78, 5) is 26.3. The summed E-state index contributed by atoms with van der Waals surface area (Å²) < 4.78 is 21.8. The molecule has 1 aliphatic heterocycles. The Kier molecular flexibility index (Phi) is 7.28. The normalized spacial score (nSPS) is 14.6. The third kappa shape index (κ3) is 5.93. The average Bonchev–Trinajstić information content (AvgIpc) is 2.78. The molecule has 7 nitrogen and oxygen atoms in total. The van der Waals surface area contributed by atoms with Crippen molar-refractivity contribution in [3.05, 3.63) is 48.0 Å². The second kappa shape index (κ2) is 9.94. The summed E-state index contributed by atoms with van der Waals surface area (Å²) in [5.74, 6) is 0.793. The molecular formula is C25H31NO6. The van der Waals surface area contributed by atoms with Crippen LogP contribution in [-0.2, 0) is 9.47 Å². The van der Waals surface area contributed by atoms with Gasteiger partial charge < -0.3 is 23.8 Å². The van der Waals surface area contributed by atoms with Gasteiger partial charge >= 0.3 is 12.1 Å². The number of esters is 1. The van der Waals surface area contributed by atoms with Crippen molar-refractivity contribution in [2.24, 2.45) is 0 Å². The van der Waals surface area contributed by atoms with Crippen LogP contribution in [0.4, 0.5) is 4.79 Å². The molecule has 1 fully saturated rings. The maximum atomic E-state index is 12.3. The van der Waals surface area contributed by atoms with Crippen molar-refractivity contribution in [3.8, 4) is 22.6 Å². The maximum absolute atomic E-state index is 12.3. The summed E-state index contributed by atoms with van der Waals surface area (Å²) >= 11 is 0. The van der Waals surface area contributed by atoms with Crippen LogP contribution in [0.15, 0.2) is 42.5 Å². The number of hydrogen-bond acceptors (Lipinski definition) is 6. The number of benzene rings is 2. The van der Waals surface area contributed by atoms with Gasteiger partial charge in [0.25, 0.3) is 0 Å². The molecule has 1 aliphatic rings. The molecule has 32 heavy (non-hydrogen) atoms. The maximum Gasteiger partial charge on any atom is 0.410 e. The average molecular weight is 442 g/mol. The van der Waals surface area contributed by atoms with Crippen LogP contribution in [0.2, 0.25) is 0 Å². The van der Waals surface area contributed by atoms with E-state index >= 15 is 0 Å². The summed E-state index contributed by atoms with van der Waals surface area (Å²) in [7, 11) is 2.98. The lowest BCUT2D eigenvalue weighted by molar-refractivity contribution is 0.0126. The quantitative estimate of drug-likeness (QED) is 0.613. The minimum atomic E-state index is -0.526. The van der Waals surface area contributed by atoms with Crippen LogP contribution in [0.5, 0.6) is 11.5 Å². The molecule has 1 heterocycles. The Morgan fingerprint density at radius 2 is 1.56 bits per heavy atom. The summed E-state index contributed by atoms with van der Waals surface area (Å²) in [5, 5.41) is 0. The fourth-order valence-electron chi connectivity index (χ4n) is 3.52. The van der Waals surface area contributed by atoms with Crippen LogP contribution in [0.25, 0.3) is 11.1 Å². The van der Waals surface area contributed by atoms with Gasteiger partial charge in [-0.1, -0.05) is 18.2 Å². The molecular weight excluding hydrogens is 410 g/mol. The van der Waals surface area contributed by atoms with E-state index in [9.17, 15) is 9.59 Å². The number of rotatable bonds is 5. The molecule has 0 aromatic heterocycles. The molecule has 7 heteroatoms. The monoisotopic (exact) mass is 441 g/mol. The first-order valence-electron chi connectivity index (χ1n) is 10.7. The molecule has 0 saturated carbocycles. The topological polar surface area (TPSA) is 74.3 Å². The predicted molar refractivity (Wildman–Crippen MR) is 121 cm³/mol. The molecule has 0 spiro atoms. The molecule has 0 radical (unpaired) electrons. The molecule has 2 aromatic carbocycles. The number of hydrogen-bond donors (Lipinski definition) is 0. The first-order chi connectivity index (χ1) is 15.2. The Morgan fingerprint density at radius 3 is 2.12 bits per heavy atom. The molecule has 1 saturated heterocycles. The van der Waals surface area contributed by atoms with Gasteiger partial charge in [-0.2, -0.15) is 0 Å². The highest BCUT2D eigenvalue weighted by atomic mass is 16.6. The number of amides is 1. The highest BCUT2D eigenvalue weighted by molar-refractivity contribution is 5.93. The van der Waals surface area contributed by atoms with Crippen molar-refractivity contribution in [1.29, 1.82) is 0 Å². The fraction of sp³-hybridized carbons (Fsp3) is 0.440. The van der Waals surface area contributed by atoms with Gasteiger partial charge in [-0.25, -0.2) is 9.59 Å². The Balaban J connectivity index is 1.74. The van der Waals surface area contributed by atoms with E-state index < -0.39 is 11.6 Å². The number of carbonyl (C=O) groups excluding carboxylic acids is 2. The third-order valence-corrected chi connectivity index (χ3v) is 5.20. The molecule has 0 bridgehead atoms. The van der Waals surface area contributed by atoms with Gasteiger partial charge in [-0.05, 0) is 56.2 Å². The van der Waals surface area contributed by atoms with Gasteiger partial charge in [0.05, 0.1) is 14.2 Å². The van der Waals surface area contributed by atoms with Gasteiger partial charge in [0.2, 0.25) is 0 Å². The number of ether oxygens (including phenoxy) is 4. The third-order valence-electron chi connectivity index (χ3n) is 5.20. The second-order valence-corrected chi connectivity index (χ2v) is 8.72. The van der Waals surface area contributed by atoms with E-state index in [2.05, 4.69) is 0 Å². The Labute approximate surface area is 189 Å². The molecule has 0 atom stereocenters. The van der Waals surface area contributed by atoms with Crippen molar-refractivity contribution >= 4 is 12.1 Å². The Hall–Kier alpha value is -3.22. The van der Waals surface area contributed by atoms with E-state index in [4.69, 9.17) is 18.9 Å². The summed E-state index contributed by atoms with van der Waals surface area (Å²) in [6.45, 7) is 6.62. The van der Waals surface area contributed by atoms with E-state index in [0.717, 1.165) is 16.9 Å². The number of methoxy groups -OCH3 is 2. The van der Waals surface area contributed by atoms with E-state index in [1.165, 1.54) is 7.11 Å². The molecule has 1 amide bonds. The van der Waals surface area contributed by atoms with Crippen molar-refractivity contribution in [3.63, 3.8) is 0 Å². The lowest BCUT2D eigenvalue weighted by Gasteiger charge is -2.33. The van der Waals surface area contributed by atoms with Crippen LogP contribution in [0.1, 0.15) is 44.0 Å². The minimum absolute atomic E-state index is 0.122. The van der Waals surface area contributed by atoms with Gasteiger partial charge in [0.1, 0.15) is 28.8 Å². The minimum Gasteiger partial charge on any atom is -0.497 e. The summed E-state index contributed by atoms with van der Waals surface area (Å²) in [5.41, 5.74) is 1.74. The molecule has 0 unspecified atom stereocenters. The Bertz CT molecular complexity index is 940. The lowest BCUT2D eigenvalue weighted by Crippen LogP contribution is -2.44. The molecule has 2 aromatic rings. The number of nitrogens with zero attached hydrogens (tertiary/aromatic N) is 1. The molecule has 0 N–H and O–H groups in total. The van der Waals surface area contributed by atoms with Crippen molar-refractivity contribution in [1.82, 2.24) is 4.90 Å². The number of piperidine rings is 1. The lowest BCUT2D eigenvalue weighted by atomic mass is 10.0. The fourth-order valence-corrected chi connectivity index (χ4v) is 3.52. The standard InChI is InChI=1S/C25H31NO6/c1-25(2,3)32-24(28)26-14-12-20(13-15-26)31-22-16-18(8-11-21(22)23(27)30-5)17-6-9-19(29-4)10-7-17/h6-11,16,20H,12-15H2,1-5H3. The van der Waals surface area contributed by atoms with Gasteiger partial charge in [0, 0.05) is 25.9 Å². The summed E-state index contributed by atoms with van der Waals surface area (Å²) in [6.07, 6.45) is 0.857. The Morgan fingerprint density at radius 1 is 0.938 bits per heavy atom. The van der Waals surface area contributed by atoms with Crippen LogP contribution in [-0.4, -0.2) is 56.0 Å².